The minimum absolute atomic E-state index is 0.0753. The van der Waals surface area contributed by atoms with Crippen LogP contribution in [0.2, 0.25) is 0 Å². The number of rotatable bonds is 6. The van der Waals surface area contributed by atoms with Crippen LogP contribution in [0.3, 0.4) is 0 Å². The van der Waals surface area contributed by atoms with Crippen LogP contribution in [0.5, 0.6) is 0 Å². The predicted molar refractivity (Wildman–Crippen MR) is 85.9 cm³/mol. The number of halogens is 2. The van der Waals surface area contributed by atoms with Gasteiger partial charge in [-0.15, -0.1) is 0 Å². The molecule has 5 nitrogen and oxygen atoms in total. The van der Waals surface area contributed by atoms with Crippen LogP contribution in [0.25, 0.3) is 0 Å². The van der Waals surface area contributed by atoms with Crippen molar-refractivity contribution in [2.24, 2.45) is 0 Å². The zero-order valence-electron chi connectivity index (χ0n) is 12.6. The number of methoxy groups -OCH3 is 1. The van der Waals surface area contributed by atoms with Crippen LogP contribution in [0.4, 0.5) is 4.39 Å². The summed E-state index contributed by atoms with van der Waals surface area (Å²) in [7, 11) is -2.12. The Morgan fingerprint density at radius 3 is 2.82 bits per heavy atom. The van der Waals surface area contributed by atoms with E-state index < -0.39 is 15.8 Å². The van der Waals surface area contributed by atoms with Gasteiger partial charge in [-0.05, 0) is 59.9 Å². The molecule has 1 aromatic carbocycles. The Bertz CT molecular complexity index is 646. The lowest BCUT2D eigenvalue weighted by molar-refractivity contribution is 0.122. The molecule has 1 saturated heterocycles. The van der Waals surface area contributed by atoms with Gasteiger partial charge in [-0.25, -0.2) is 17.5 Å². The zero-order chi connectivity index (χ0) is 16.4. The molecule has 1 atom stereocenters. The molecule has 0 aliphatic carbocycles. The van der Waals surface area contributed by atoms with Gasteiger partial charge in [0.15, 0.2) is 0 Å². The summed E-state index contributed by atoms with van der Waals surface area (Å²) in [6, 6.07) is 2.50. The normalized spacial score (nSPS) is 22.2. The molecule has 8 heteroatoms. The van der Waals surface area contributed by atoms with Crippen LogP contribution in [-0.4, -0.2) is 40.8 Å². The molecular formula is C14H20BrFN2O3S. The predicted octanol–water partition coefficient (Wildman–Crippen LogP) is 1.94. The van der Waals surface area contributed by atoms with Crippen molar-refractivity contribution in [2.45, 2.75) is 30.2 Å². The van der Waals surface area contributed by atoms with Crippen molar-refractivity contribution >= 4 is 26.0 Å². The second kappa shape index (κ2) is 6.92. The Labute approximate surface area is 138 Å². The first kappa shape index (κ1) is 17.8. The van der Waals surface area contributed by atoms with Gasteiger partial charge in [0.2, 0.25) is 10.0 Å². The number of aryl methyl sites for hydroxylation is 1. The molecule has 1 aliphatic rings. The van der Waals surface area contributed by atoms with Gasteiger partial charge in [0.25, 0.3) is 0 Å². The molecule has 1 fully saturated rings. The van der Waals surface area contributed by atoms with Crippen LogP contribution >= 0.6 is 15.9 Å². The number of hydrogen-bond donors (Lipinski definition) is 2. The molecule has 2 rings (SSSR count). The van der Waals surface area contributed by atoms with E-state index in [0.717, 1.165) is 19.4 Å². The summed E-state index contributed by atoms with van der Waals surface area (Å²) in [5, 5.41) is 3.31. The summed E-state index contributed by atoms with van der Waals surface area (Å²) in [5.41, 5.74) is -0.0131. The third-order valence-electron chi connectivity index (χ3n) is 3.86. The first-order chi connectivity index (χ1) is 10.3. The summed E-state index contributed by atoms with van der Waals surface area (Å²) in [6.45, 7) is 3.08. The molecule has 0 bridgehead atoms. The minimum Gasteiger partial charge on any atom is -0.383 e. The van der Waals surface area contributed by atoms with Gasteiger partial charge in [0.1, 0.15) is 5.82 Å². The van der Waals surface area contributed by atoms with Crippen molar-refractivity contribution in [3.63, 3.8) is 0 Å². The highest BCUT2D eigenvalue weighted by atomic mass is 79.9. The van der Waals surface area contributed by atoms with Crippen LogP contribution in [-0.2, 0) is 14.8 Å². The maximum Gasteiger partial charge on any atom is 0.240 e. The largest absolute Gasteiger partial charge is 0.383 e. The van der Waals surface area contributed by atoms with Crippen LogP contribution in [0.1, 0.15) is 18.4 Å². The molecule has 0 aromatic heterocycles. The number of nitrogens with one attached hydrogen (secondary N) is 2. The Morgan fingerprint density at radius 2 is 2.23 bits per heavy atom. The van der Waals surface area contributed by atoms with Crippen molar-refractivity contribution in [2.75, 3.05) is 26.8 Å². The standard InChI is InChI=1S/C14H20BrFN2O3S/c1-10-6-12(16)11(15)7-13(10)22(19,20)18-8-14(9-21-2)4-3-5-17-14/h6-7,17-18H,3-5,8-9H2,1-2H3. The maximum absolute atomic E-state index is 13.5. The quantitative estimate of drug-likeness (QED) is 0.773. The summed E-state index contributed by atoms with van der Waals surface area (Å²) < 4.78 is 46.4. The molecule has 1 heterocycles. The summed E-state index contributed by atoms with van der Waals surface area (Å²) in [4.78, 5) is 0.0753. The zero-order valence-corrected chi connectivity index (χ0v) is 15.0. The van der Waals surface area contributed by atoms with E-state index in [1.165, 1.54) is 12.1 Å². The highest BCUT2D eigenvalue weighted by Gasteiger charge is 2.35. The molecule has 0 saturated carbocycles. The van der Waals surface area contributed by atoms with Crippen LogP contribution in [0, 0.1) is 12.7 Å². The van der Waals surface area contributed by atoms with Crippen LogP contribution in [0.15, 0.2) is 21.5 Å². The van der Waals surface area contributed by atoms with Gasteiger partial charge in [-0.1, -0.05) is 0 Å². The van der Waals surface area contributed by atoms with Crippen molar-refractivity contribution in [1.82, 2.24) is 10.0 Å². The highest BCUT2D eigenvalue weighted by molar-refractivity contribution is 9.10. The van der Waals surface area contributed by atoms with E-state index >= 15 is 0 Å². The van der Waals surface area contributed by atoms with E-state index in [0.29, 0.717) is 12.2 Å². The first-order valence-electron chi connectivity index (χ1n) is 6.99. The fraction of sp³-hybridized carbons (Fsp3) is 0.571. The molecule has 22 heavy (non-hydrogen) atoms. The molecule has 0 radical (unpaired) electrons. The summed E-state index contributed by atoms with van der Waals surface area (Å²) >= 11 is 3.03. The fourth-order valence-electron chi connectivity index (χ4n) is 2.70. The van der Waals surface area contributed by atoms with E-state index in [4.69, 9.17) is 4.74 Å². The fourth-order valence-corrected chi connectivity index (χ4v) is 4.57. The highest BCUT2D eigenvalue weighted by Crippen LogP contribution is 2.25. The van der Waals surface area contributed by atoms with Gasteiger partial charge in [0, 0.05) is 13.7 Å². The van der Waals surface area contributed by atoms with E-state index in [1.54, 1.807) is 14.0 Å². The lowest BCUT2D eigenvalue weighted by atomic mass is 9.99. The molecule has 1 aromatic rings. The number of hydrogen-bond acceptors (Lipinski definition) is 4. The minimum atomic E-state index is -3.72. The average Bonchev–Trinajstić information content (AvgIpc) is 2.90. The van der Waals surface area contributed by atoms with Crippen molar-refractivity contribution in [3.8, 4) is 0 Å². The molecule has 0 spiro atoms. The molecular weight excluding hydrogens is 375 g/mol. The van der Waals surface area contributed by atoms with Crippen molar-refractivity contribution < 1.29 is 17.5 Å². The Kier molecular flexibility index (Phi) is 5.60. The molecule has 2 N–H and O–H groups in total. The van der Waals surface area contributed by atoms with Gasteiger partial charge < -0.3 is 10.1 Å². The van der Waals surface area contributed by atoms with Crippen LogP contribution < -0.4 is 10.0 Å². The van der Waals surface area contributed by atoms with Gasteiger partial charge >= 0.3 is 0 Å². The summed E-state index contributed by atoms with van der Waals surface area (Å²) in [6.07, 6.45) is 1.82. The number of sulfonamides is 1. The molecule has 1 unspecified atom stereocenters. The number of ether oxygens (including phenoxy) is 1. The van der Waals surface area contributed by atoms with E-state index in [2.05, 4.69) is 26.0 Å². The smallest absolute Gasteiger partial charge is 0.240 e. The van der Waals surface area contributed by atoms with Gasteiger partial charge in [-0.2, -0.15) is 0 Å². The third-order valence-corrected chi connectivity index (χ3v) is 6.01. The topological polar surface area (TPSA) is 67.4 Å². The monoisotopic (exact) mass is 394 g/mol. The van der Waals surface area contributed by atoms with E-state index in [-0.39, 0.29) is 21.5 Å². The number of benzene rings is 1. The Balaban J connectivity index is 2.19. The lowest BCUT2D eigenvalue weighted by Gasteiger charge is -2.29. The molecule has 124 valence electrons. The second-order valence-electron chi connectivity index (χ2n) is 5.60. The van der Waals surface area contributed by atoms with Gasteiger partial charge in [0.05, 0.1) is 21.5 Å². The molecule has 0 amide bonds. The van der Waals surface area contributed by atoms with Gasteiger partial charge in [-0.3, -0.25) is 0 Å². The third kappa shape index (κ3) is 3.86. The Hall–Kier alpha value is -0.540. The lowest BCUT2D eigenvalue weighted by Crippen LogP contribution is -2.52. The molecule has 1 aliphatic heterocycles. The van der Waals surface area contributed by atoms with E-state index in [1.807, 2.05) is 0 Å². The maximum atomic E-state index is 13.5. The summed E-state index contributed by atoms with van der Waals surface area (Å²) in [5.74, 6) is -0.482. The average molecular weight is 395 g/mol. The van der Waals surface area contributed by atoms with E-state index in [9.17, 15) is 12.8 Å². The Morgan fingerprint density at radius 1 is 1.50 bits per heavy atom. The SMILES string of the molecule is COCC1(CNS(=O)(=O)c2cc(Br)c(F)cc2C)CCCN1. The second-order valence-corrected chi connectivity index (χ2v) is 8.19. The van der Waals surface area contributed by atoms with Crippen molar-refractivity contribution in [1.29, 1.82) is 0 Å². The van der Waals surface area contributed by atoms with Crippen molar-refractivity contribution in [3.05, 3.63) is 28.0 Å². The first-order valence-corrected chi connectivity index (χ1v) is 9.27.